The Morgan fingerprint density at radius 3 is 2.26 bits per heavy atom. The van der Waals surface area contributed by atoms with E-state index in [-0.39, 0.29) is 20.4 Å². The Kier molecular flexibility index (Phi) is 6.33. The number of halogens is 3. The van der Waals surface area contributed by atoms with Crippen LogP contribution in [0.2, 0.25) is 0 Å². The normalized spacial score (nSPS) is 11.7. The molecule has 0 saturated heterocycles. The second-order valence-electron chi connectivity index (χ2n) is 4.72. The van der Waals surface area contributed by atoms with E-state index >= 15 is 0 Å². The third kappa shape index (κ3) is 4.60. The minimum Gasteiger partial charge on any atom is -0.380 e. The highest BCUT2D eigenvalue weighted by Gasteiger charge is 2.22. The first-order valence-corrected chi connectivity index (χ1v) is 9.62. The first kappa shape index (κ1) is 18.5. The number of hydrogen-bond acceptors (Lipinski definition) is 3. The number of methoxy groups -OCH3 is 1. The van der Waals surface area contributed by atoms with Crippen LogP contribution in [0.4, 0.5) is 4.39 Å². The Hall–Kier alpha value is -0.800. The lowest BCUT2D eigenvalue weighted by atomic mass is 10.1. The zero-order valence-electron chi connectivity index (χ0n) is 12.1. The van der Waals surface area contributed by atoms with Crippen molar-refractivity contribution in [2.75, 3.05) is 7.11 Å². The van der Waals surface area contributed by atoms with Crippen LogP contribution in [0.15, 0.2) is 50.2 Å². The van der Waals surface area contributed by atoms with Crippen LogP contribution in [0, 0.1) is 5.82 Å². The number of sulfonamides is 1. The first-order valence-electron chi connectivity index (χ1n) is 6.55. The summed E-state index contributed by atoms with van der Waals surface area (Å²) in [7, 11) is -2.24. The summed E-state index contributed by atoms with van der Waals surface area (Å²) in [5, 5.41) is 0. The summed E-state index contributed by atoms with van der Waals surface area (Å²) < 4.78 is 46.2. The van der Waals surface area contributed by atoms with Gasteiger partial charge < -0.3 is 4.74 Å². The van der Waals surface area contributed by atoms with Gasteiger partial charge in [0.25, 0.3) is 0 Å². The van der Waals surface area contributed by atoms with Crippen LogP contribution in [0.3, 0.4) is 0 Å². The monoisotopic (exact) mass is 465 g/mol. The van der Waals surface area contributed by atoms with E-state index in [1.807, 2.05) is 24.3 Å². The Balaban J connectivity index is 2.27. The van der Waals surface area contributed by atoms with Gasteiger partial charge in [0.1, 0.15) is 10.7 Å². The van der Waals surface area contributed by atoms with Crippen molar-refractivity contribution in [2.24, 2.45) is 0 Å². The minimum atomic E-state index is -3.82. The number of benzene rings is 2. The third-order valence-electron chi connectivity index (χ3n) is 3.10. The molecule has 0 aliphatic rings. The first-order chi connectivity index (χ1) is 10.8. The smallest absolute Gasteiger partial charge is 0.243 e. The predicted octanol–water partition coefficient (Wildman–Crippen LogP) is 3.98. The van der Waals surface area contributed by atoms with Gasteiger partial charge in [0.15, 0.2) is 0 Å². The summed E-state index contributed by atoms with van der Waals surface area (Å²) in [6.45, 7) is 0.500. The Bertz CT molecular complexity index is 789. The molecule has 0 unspecified atom stereocenters. The van der Waals surface area contributed by atoms with Crippen LogP contribution in [0.1, 0.15) is 11.1 Å². The summed E-state index contributed by atoms with van der Waals surface area (Å²) >= 11 is 6.18. The van der Waals surface area contributed by atoms with Crippen molar-refractivity contribution in [1.29, 1.82) is 0 Å². The molecule has 4 nitrogen and oxygen atoms in total. The van der Waals surface area contributed by atoms with Crippen molar-refractivity contribution in [3.05, 3.63) is 62.3 Å². The molecule has 0 amide bonds. The van der Waals surface area contributed by atoms with E-state index in [1.165, 1.54) is 0 Å². The standard InChI is InChI=1S/C15H14Br2FNO3S/c1-22-9-11-5-3-2-4-10(11)8-19-23(20,21)15-13(16)6-12(18)7-14(15)17/h2-7,19H,8-9H2,1H3. The van der Waals surface area contributed by atoms with Gasteiger partial charge >= 0.3 is 0 Å². The molecule has 0 aliphatic carbocycles. The maximum absolute atomic E-state index is 13.3. The van der Waals surface area contributed by atoms with E-state index in [2.05, 4.69) is 36.6 Å². The van der Waals surface area contributed by atoms with Gasteiger partial charge in [-0.15, -0.1) is 0 Å². The third-order valence-corrected chi connectivity index (χ3v) is 6.38. The fourth-order valence-corrected chi connectivity index (χ4v) is 5.59. The second-order valence-corrected chi connectivity index (χ2v) is 8.14. The van der Waals surface area contributed by atoms with Crippen molar-refractivity contribution in [1.82, 2.24) is 4.72 Å². The second kappa shape index (κ2) is 7.85. The topological polar surface area (TPSA) is 55.4 Å². The lowest BCUT2D eigenvalue weighted by Crippen LogP contribution is -2.24. The molecule has 23 heavy (non-hydrogen) atoms. The number of rotatable bonds is 6. The van der Waals surface area contributed by atoms with Gasteiger partial charge in [-0.2, -0.15) is 0 Å². The summed E-state index contributed by atoms with van der Waals surface area (Å²) in [6, 6.07) is 9.60. The molecule has 0 atom stereocenters. The lowest BCUT2D eigenvalue weighted by Gasteiger charge is -2.13. The number of ether oxygens (including phenoxy) is 1. The van der Waals surface area contributed by atoms with Gasteiger partial charge in [-0.25, -0.2) is 17.5 Å². The molecule has 0 bridgehead atoms. The highest BCUT2D eigenvalue weighted by atomic mass is 79.9. The highest BCUT2D eigenvalue weighted by molar-refractivity contribution is 9.11. The highest BCUT2D eigenvalue weighted by Crippen LogP contribution is 2.31. The van der Waals surface area contributed by atoms with Crippen molar-refractivity contribution < 1.29 is 17.5 Å². The molecular weight excluding hydrogens is 453 g/mol. The lowest BCUT2D eigenvalue weighted by molar-refractivity contribution is 0.184. The summed E-state index contributed by atoms with van der Waals surface area (Å²) in [6.07, 6.45) is 0. The van der Waals surface area contributed by atoms with Crippen molar-refractivity contribution in [3.8, 4) is 0 Å². The van der Waals surface area contributed by atoms with E-state index in [0.29, 0.717) is 6.61 Å². The molecule has 124 valence electrons. The minimum absolute atomic E-state index is 0.0388. The van der Waals surface area contributed by atoms with E-state index in [1.54, 1.807) is 7.11 Å². The van der Waals surface area contributed by atoms with Crippen LogP contribution in [0.5, 0.6) is 0 Å². The van der Waals surface area contributed by atoms with Gasteiger partial charge in [0, 0.05) is 22.6 Å². The number of nitrogens with one attached hydrogen (secondary N) is 1. The predicted molar refractivity (Wildman–Crippen MR) is 93.0 cm³/mol. The maximum atomic E-state index is 13.3. The molecule has 0 saturated carbocycles. The van der Waals surface area contributed by atoms with Crippen molar-refractivity contribution in [3.63, 3.8) is 0 Å². The molecule has 0 radical (unpaired) electrons. The molecule has 0 heterocycles. The molecular formula is C15H14Br2FNO3S. The molecule has 2 rings (SSSR count). The fraction of sp³-hybridized carbons (Fsp3) is 0.200. The molecule has 0 aliphatic heterocycles. The van der Waals surface area contributed by atoms with Gasteiger partial charge in [0.2, 0.25) is 10.0 Å². The summed E-state index contributed by atoms with van der Waals surface area (Å²) in [5.74, 6) is -0.534. The number of hydrogen-bond donors (Lipinski definition) is 1. The van der Waals surface area contributed by atoms with E-state index in [9.17, 15) is 12.8 Å². The van der Waals surface area contributed by atoms with Crippen molar-refractivity contribution >= 4 is 41.9 Å². The SMILES string of the molecule is COCc1ccccc1CNS(=O)(=O)c1c(Br)cc(F)cc1Br. The van der Waals surface area contributed by atoms with Gasteiger partial charge in [-0.05, 0) is 55.1 Å². The van der Waals surface area contributed by atoms with Gasteiger partial charge in [-0.1, -0.05) is 24.3 Å². The Morgan fingerprint density at radius 1 is 1.13 bits per heavy atom. The Morgan fingerprint density at radius 2 is 1.70 bits per heavy atom. The molecule has 1 N–H and O–H groups in total. The quantitative estimate of drug-likeness (QED) is 0.700. The zero-order chi connectivity index (χ0) is 17.0. The zero-order valence-corrected chi connectivity index (χ0v) is 16.1. The van der Waals surface area contributed by atoms with Crippen LogP contribution < -0.4 is 4.72 Å². The van der Waals surface area contributed by atoms with Crippen LogP contribution in [-0.2, 0) is 27.9 Å². The van der Waals surface area contributed by atoms with E-state index < -0.39 is 15.8 Å². The molecule has 0 fully saturated rings. The molecule has 8 heteroatoms. The maximum Gasteiger partial charge on any atom is 0.243 e. The van der Waals surface area contributed by atoms with Crippen LogP contribution >= 0.6 is 31.9 Å². The summed E-state index contributed by atoms with van der Waals surface area (Å²) in [4.78, 5) is -0.0388. The Labute approximate surface area is 151 Å². The summed E-state index contributed by atoms with van der Waals surface area (Å²) in [5.41, 5.74) is 1.71. The van der Waals surface area contributed by atoms with E-state index in [4.69, 9.17) is 4.74 Å². The average Bonchev–Trinajstić information content (AvgIpc) is 2.45. The van der Waals surface area contributed by atoms with Gasteiger partial charge in [-0.3, -0.25) is 0 Å². The fourth-order valence-electron chi connectivity index (χ4n) is 2.06. The molecule has 0 spiro atoms. The van der Waals surface area contributed by atoms with E-state index in [0.717, 1.165) is 23.3 Å². The molecule has 2 aromatic rings. The van der Waals surface area contributed by atoms with Gasteiger partial charge in [0.05, 0.1) is 6.61 Å². The largest absolute Gasteiger partial charge is 0.380 e. The average molecular weight is 467 g/mol. The molecule has 2 aromatic carbocycles. The van der Waals surface area contributed by atoms with Crippen molar-refractivity contribution in [2.45, 2.75) is 18.0 Å². The van der Waals surface area contributed by atoms with Crippen LogP contribution in [-0.4, -0.2) is 15.5 Å². The molecule has 0 aromatic heterocycles. The van der Waals surface area contributed by atoms with Crippen LogP contribution in [0.25, 0.3) is 0 Å².